The SMILES string of the molecule is C/C=C\c1cncc(N2CCCNCC2)c1. The van der Waals surface area contributed by atoms with Gasteiger partial charge < -0.3 is 10.2 Å². The molecular weight excluding hydrogens is 198 g/mol. The molecule has 1 aliphatic rings. The van der Waals surface area contributed by atoms with Gasteiger partial charge in [-0.15, -0.1) is 0 Å². The first kappa shape index (κ1) is 11.1. The molecule has 0 aromatic carbocycles. The van der Waals surface area contributed by atoms with E-state index in [1.54, 1.807) is 0 Å². The van der Waals surface area contributed by atoms with Crippen LogP contribution >= 0.6 is 0 Å². The molecule has 0 radical (unpaired) electrons. The van der Waals surface area contributed by atoms with Gasteiger partial charge in [0.15, 0.2) is 0 Å². The summed E-state index contributed by atoms with van der Waals surface area (Å²) in [5, 5.41) is 3.41. The van der Waals surface area contributed by atoms with Crippen LogP contribution in [-0.4, -0.2) is 31.2 Å². The van der Waals surface area contributed by atoms with E-state index in [1.807, 2.05) is 25.4 Å². The van der Waals surface area contributed by atoms with Crippen molar-refractivity contribution in [1.29, 1.82) is 0 Å². The van der Waals surface area contributed by atoms with Gasteiger partial charge in [-0.05, 0) is 31.5 Å². The molecule has 16 heavy (non-hydrogen) atoms. The minimum Gasteiger partial charge on any atom is -0.369 e. The first-order valence-electron chi connectivity index (χ1n) is 5.93. The molecule has 1 fully saturated rings. The van der Waals surface area contributed by atoms with Crippen LogP contribution in [0, 0.1) is 0 Å². The van der Waals surface area contributed by atoms with Crippen LogP contribution < -0.4 is 10.2 Å². The summed E-state index contributed by atoms with van der Waals surface area (Å²) in [5.41, 5.74) is 2.41. The first-order chi connectivity index (χ1) is 7.90. The minimum absolute atomic E-state index is 1.06. The van der Waals surface area contributed by atoms with Gasteiger partial charge in [0.2, 0.25) is 0 Å². The molecule has 3 nitrogen and oxygen atoms in total. The number of allylic oxidation sites excluding steroid dienone is 1. The van der Waals surface area contributed by atoms with E-state index in [1.165, 1.54) is 17.7 Å². The van der Waals surface area contributed by atoms with Gasteiger partial charge in [0.1, 0.15) is 0 Å². The Bertz CT molecular complexity index is 352. The van der Waals surface area contributed by atoms with Gasteiger partial charge in [-0.3, -0.25) is 4.98 Å². The number of nitrogens with zero attached hydrogens (tertiary/aromatic N) is 2. The molecule has 0 spiro atoms. The van der Waals surface area contributed by atoms with Crippen molar-refractivity contribution in [2.24, 2.45) is 0 Å². The first-order valence-corrected chi connectivity index (χ1v) is 5.93. The Labute approximate surface area is 97.2 Å². The summed E-state index contributed by atoms with van der Waals surface area (Å²) in [5.74, 6) is 0. The van der Waals surface area contributed by atoms with Crippen LogP contribution in [0.15, 0.2) is 24.5 Å². The lowest BCUT2D eigenvalue weighted by atomic mass is 10.2. The molecule has 1 saturated heterocycles. The van der Waals surface area contributed by atoms with Crippen LogP contribution in [0.2, 0.25) is 0 Å². The average Bonchev–Trinajstić information content (AvgIpc) is 2.58. The van der Waals surface area contributed by atoms with Gasteiger partial charge in [-0.25, -0.2) is 0 Å². The Morgan fingerprint density at radius 2 is 2.25 bits per heavy atom. The Balaban J connectivity index is 2.14. The van der Waals surface area contributed by atoms with Crippen molar-refractivity contribution in [3.8, 4) is 0 Å². The normalized spacial score (nSPS) is 17.7. The fourth-order valence-electron chi connectivity index (χ4n) is 2.01. The predicted octanol–water partition coefficient (Wildman–Crippen LogP) is 1.91. The van der Waals surface area contributed by atoms with Crippen molar-refractivity contribution in [3.05, 3.63) is 30.1 Å². The summed E-state index contributed by atoms with van der Waals surface area (Å²) >= 11 is 0. The number of hydrogen-bond acceptors (Lipinski definition) is 3. The monoisotopic (exact) mass is 217 g/mol. The maximum absolute atomic E-state index is 4.30. The molecule has 2 rings (SSSR count). The molecule has 1 aromatic rings. The highest BCUT2D eigenvalue weighted by atomic mass is 15.2. The summed E-state index contributed by atoms with van der Waals surface area (Å²) < 4.78 is 0. The van der Waals surface area contributed by atoms with Crippen molar-refractivity contribution in [2.75, 3.05) is 31.1 Å². The van der Waals surface area contributed by atoms with E-state index < -0.39 is 0 Å². The van der Waals surface area contributed by atoms with Crippen molar-refractivity contribution in [1.82, 2.24) is 10.3 Å². The number of pyridine rings is 1. The van der Waals surface area contributed by atoms with Gasteiger partial charge in [0, 0.05) is 25.8 Å². The van der Waals surface area contributed by atoms with E-state index in [0.29, 0.717) is 0 Å². The van der Waals surface area contributed by atoms with Gasteiger partial charge in [0.25, 0.3) is 0 Å². The van der Waals surface area contributed by atoms with Gasteiger partial charge >= 0.3 is 0 Å². The Hall–Kier alpha value is -1.35. The van der Waals surface area contributed by atoms with E-state index in [9.17, 15) is 0 Å². The van der Waals surface area contributed by atoms with Crippen molar-refractivity contribution < 1.29 is 0 Å². The maximum Gasteiger partial charge on any atom is 0.0559 e. The molecule has 86 valence electrons. The molecule has 1 aliphatic heterocycles. The van der Waals surface area contributed by atoms with Gasteiger partial charge in [-0.2, -0.15) is 0 Å². The molecule has 3 heteroatoms. The third-order valence-corrected chi connectivity index (χ3v) is 2.81. The highest BCUT2D eigenvalue weighted by Crippen LogP contribution is 2.16. The van der Waals surface area contributed by atoms with E-state index in [-0.39, 0.29) is 0 Å². The molecule has 0 saturated carbocycles. The maximum atomic E-state index is 4.30. The standard InChI is InChI=1S/C13H19N3/c1-2-4-12-9-13(11-15-10-12)16-7-3-5-14-6-8-16/h2,4,9-11,14H,3,5-8H2,1H3/b4-2-. The zero-order valence-corrected chi connectivity index (χ0v) is 9.82. The summed E-state index contributed by atoms with van der Waals surface area (Å²) in [6, 6.07) is 2.21. The summed E-state index contributed by atoms with van der Waals surface area (Å²) in [7, 11) is 0. The van der Waals surface area contributed by atoms with E-state index >= 15 is 0 Å². The van der Waals surface area contributed by atoms with E-state index in [2.05, 4.69) is 27.3 Å². The smallest absolute Gasteiger partial charge is 0.0559 e. The quantitative estimate of drug-likeness (QED) is 0.820. The Kier molecular flexibility index (Phi) is 3.94. The summed E-state index contributed by atoms with van der Waals surface area (Å²) in [6.07, 6.45) is 9.20. The average molecular weight is 217 g/mol. The van der Waals surface area contributed by atoms with E-state index in [4.69, 9.17) is 0 Å². The van der Waals surface area contributed by atoms with Gasteiger partial charge in [-0.1, -0.05) is 12.2 Å². The minimum atomic E-state index is 1.06. The fraction of sp³-hybridized carbons (Fsp3) is 0.462. The Morgan fingerprint density at radius 3 is 3.12 bits per heavy atom. The molecule has 0 unspecified atom stereocenters. The number of nitrogens with one attached hydrogen (secondary N) is 1. The van der Waals surface area contributed by atoms with Gasteiger partial charge in [0.05, 0.1) is 11.9 Å². The predicted molar refractivity (Wildman–Crippen MR) is 68.6 cm³/mol. The summed E-state index contributed by atoms with van der Waals surface area (Å²) in [6.45, 7) is 6.41. The Morgan fingerprint density at radius 1 is 1.31 bits per heavy atom. The lowest BCUT2D eigenvalue weighted by molar-refractivity contribution is 0.724. The molecule has 0 bridgehead atoms. The largest absolute Gasteiger partial charge is 0.369 e. The van der Waals surface area contributed by atoms with Crippen LogP contribution in [0.5, 0.6) is 0 Å². The lowest BCUT2D eigenvalue weighted by Crippen LogP contribution is -2.27. The topological polar surface area (TPSA) is 28.2 Å². The second-order valence-electron chi connectivity index (χ2n) is 4.07. The second kappa shape index (κ2) is 5.66. The number of hydrogen-bond donors (Lipinski definition) is 1. The third kappa shape index (κ3) is 2.83. The fourth-order valence-corrected chi connectivity index (χ4v) is 2.01. The molecule has 1 N–H and O–H groups in total. The van der Waals surface area contributed by atoms with Crippen LogP contribution in [0.25, 0.3) is 6.08 Å². The molecule has 0 amide bonds. The van der Waals surface area contributed by atoms with Crippen molar-refractivity contribution >= 4 is 11.8 Å². The van der Waals surface area contributed by atoms with Crippen LogP contribution in [0.1, 0.15) is 18.9 Å². The molecular formula is C13H19N3. The van der Waals surface area contributed by atoms with E-state index in [0.717, 1.165) is 26.2 Å². The van der Waals surface area contributed by atoms with Crippen LogP contribution in [0.3, 0.4) is 0 Å². The van der Waals surface area contributed by atoms with Crippen molar-refractivity contribution in [3.63, 3.8) is 0 Å². The number of rotatable bonds is 2. The molecule has 0 atom stereocenters. The van der Waals surface area contributed by atoms with Crippen LogP contribution in [0.4, 0.5) is 5.69 Å². The number of anilines is 1. The molecule has 1 aromatic heterocycles. The molecule has 0 aliphatic carbocycles. The third-order valence-electron chi connectivity index (χ3n) is 2.81. The second-order valence-corrected chi connectivity index (χ2v) is 4.07. The highest BCUT2D eigenvalue weighted by Gasteiger charge is 2.09. The van der Waals surface area contributed by atoms with Crippen LogP contribution in [-0.2, 0) is 0 Å². The lowest BCUT2D eigenvalue weighted by Gasteiger charge is -2.22. The zero-order chi connectivity index (χ0) is 11.2. The summed E-state index contributed by atoms with van der Waals surface area (Å²) in [4.78, 5) is 6.70. The number of aromatic nitrogens is 1. The highest BCUT2D eigenvalue weighted by molar-refractivity contribution is 5.56. The van der Waals surface area contributed by atoms with Crippen molar-refractivity contribution in [2.45, 2.75) is 13.3 Å². The zero-order valence-electron chi connectivity index (χ0n) is 9.82. The molecule has 2 heterocycles.